The van der Waals surface area contributed by atoms with Crippen LogP contribution in [0.5, 0.6) is 0 Å². The van der Waals surface area contributed by atoms with Gasteiger partial charge < -0.3 is 4.74 Å². The van der Waals surface area contributed by atoms with Gasteiger partial charge in [0.15, 0.2) is 0 Å². The summed E-state index contributed by atoms with van der Waals surface area (Å²) in [5.41, 5.74) is 1.02. The molecule has 0 amide bonds. The maximum atomic E-state index is 12.1. The zero-order chi connectivity index (χ0) is 14.3. The Morgan fingerprint density at radius 3 is 2.40 bits per heavy atom. The molecule has 1 saturated heterocycles. The highest BCUT2D eigenvalue weighted by Gasteiger charge is 2.43. The molecular formula is C15H18O4S. The molecule has 4 atom stereocenters. The second-order valence-corrected chi connectivity index (χ2v) is 7.14. The number of benzene rings is 1. The van der Waals surface area contributed by atoms with Crippen molar-refractivity contribution in [1.82, 2.24) is 0 Å². The summed E-state index contributed by atoms with van der Waals surface area (Å²) in [5, 5.41) is 0. The van der Waals surface area contributed by atoms with Crippen molar-refractivity contribution in [3.63, 3.8) is 0 Å². The second kappa shape index (κ2) is 4.98. The minimum atomic E-state index is -3.68. The van der Waals surface area contributed by atoms with E-state index in [4.69, 9.17) is 8.92 Å². The van der Waals surface area contributed by atoms with Gasteiger partial charge in [-0.3, -0.25) is 4.18 Å². The van der Waals surface area contributed by atoms with Gasteiger partial charge in [0.05, 0.1) is 23.7 Å². The number of hydrogen-bond donors (Lipinski definition) is 0. The van der Waals surface area contributed by atoms with E-state index in [1.807, 2.05) is 19.1 Å². The smallest absolute Gasteiger partial charge is 0.296 e. The molecule has 4 nitrogen and oxygen atoms in total. The van der Waals surface area contributed by atoms with Crippen LogP contribution in [0.2, 0.25) is 0 Å². The van der Waals surface area contributed by atoms with Crippen LogP contribution in [0.1, 0.15) is 12.5 Å². The van der Waals surface area contributed by atoms with Crippen LogP contribution in [0.15, 0.2) is 41.3 Å². The van der Waals surface area contributed by atoms with Gasteiger partial charge in [0.25, 0.3) is 10.1 Å². The predicted octanol–water partition coefficient (Wildman–Crippen LogP) is 2.29. The molecule has 2 aliphatic rings. The summed E-state index contributed by atoms with van der Waals surface area (Å²) in [6.07, 6.45) is 4.14. The molecule has 2 aliphatic heterocycles. The summed E-state index contributed by atoms with van der Waals surface area (Å²) in [6, 6.07) is 6.68. The van der Waals surface area contributed by atoms with Crippen LogP contribution in [-0.4, -0.2) is 27.2 Å². The zero-order valence-electron chi connectivity index (χ0n) is 11.5. The van der Waals surface area contributed by atoms with Crippen LogP contribution in [0.25, 0.3) is 0 Å². The van der Waals surface area contributed by atoms with E-state index in [1.165, 1.54) is 0 Å². The zero-order valence-corrected chi connectivity index (χ0v) is 12.3. The monoisotopic (exact) mass is 294 g/mol. The molecule has 4 unspecified atom stereocenters. The largest absolute Gasteiger partial charge is 0.366 e. The molecule has 2 heterocycles. The van der Waals surface area contributed by atoms with Crippen LogP contribution in [0.4, 0.5) is 0 Å². The standard InChI is InChI=1S/C15H18O4S/c1-10-3-5-12(6-4-10)20(16,17)18-9-13-11(2)14-7-8-15(13)19-14/h3-8,11,13-15H,9H2,1-2H3. The highest BCUT2D eigenvalue weighted by Crippen LogP contribution is 2.39. The lowest BCUT2D eigenvalue weighted by Crippen LogP contribution is -2.27. The quantitative estimate of drug-likeness (QED) is 0.631. The molecule has 3 rings (SSSR count). The molecule has 108 valence electrons. The Morgan fingerprint density at radius 2 is 1.80 bits per heavy atom. The molecule has 5 heteroatoms. The van der Waals surface area contributed by atoms with Crippen LogP contribution in [0, 0.1) is 18.8 Å². The number of hydrogen-bond acceptors (Lipinski definition) is 4. The highest BCUT2D eigenvalue weighted by atomic mass is 32.2. The van der Waals surface area contributed by atoms with E-state index in [1.54, 1.807) is 24.3 Å². The summed E-state index contributed by atoms with van der Waals surface area (Å²) in [4.78, 5) is 0.204. The minimum Gasteiger partial charge on any atom is -0.366 e. The van der Waals surface area contributed by atoms with Gasteiger partial charge in [0, 0.05) is 5.92 Å². The first-order valence-electron chi connectivity index (χ1n) is 6.77. The number of fused-ring (bicyclic) bond motifs is 2. The Bertz CT molecular complexity index is 618. The van der Waals surface area contributed by atoms with Crippen LogP contribution in [0.3, 0.4) is 0 Å². The third kappa shape index (κ3) is 2.41. The van der Waals surface area contributed by atoms with E-state index >= 15 is 0 Å². The summed E-state index contributed by atoms with van der Waals surface area (Å²) >= 11 is 0. The first-order valence-corrected chi connectivity index (χ1v) is 8.18. The molecule has 2 bridgehead atoms. The first kappa shape index (κ1) is 13.8. The first-order chi connectivity index (χ1) is 9.47. The molecule has 1 fully saturated rings. The maximum absolute atomic E-state index is 12.1. The second-order valence-electron chi connectivity index (χ2n) is 5.52. The van der Waals surface area contributed by atoms with Crippen molar-refractivity contribution in [2.75, 3.05) is 6.61 Å². The van der Waals surface area contributed by atoms with Crippen molar-refractivity contribution in [3.8, 4) is 0 Å². The van der Waals surface area contributed by atoms with E-state index in [2.05, 4.69) is 6.92 Å². The van der Waals surface area contributed by atoms with Gasteiger partial charge >= 0.3 is 0 Å². The van der Waals surface area contributed by atoms with Crippen molar-refractivity contribution in [3.05, 3.63) is 42.0 Å². The molecule has 0 spiro atoms. The molecule has 20 heavy (non-hydrogen) atoms. The normalized spacial score (nSPS) is 31.9. The minimum absolute atomic E-state index is 0.0109. The maximum Gasteiger partial charge on any atom is 0.296 e. The van der Waals surface area contributed by atoms with Crippen molar-refractivity contribution in [2.45, 2.75) is 31.0 Å². The van der Waals surface area contributed by atoms with E-state index in [0.29, 0.717) is 5.92 Å². The van der Waals surface area contributed by atoms with Crippen LogP contribution in [-0.2, 0) is 19.0 Å². The Morgan fingerprint density at radius 1 is 1.15 bits per heavy atom. The predicted molar refractivity (Wildman–Crippen MR) is 74.8 cm³/mol. The van der Waals surface area contributed by atoms with Crippen molar-refractivity contribution in [2.24, 2.45) is 11.8 Å². The molecular weight excluding hydrogens is 276 g/mol. The molecule has 0 saturated carbocycles. The van der Waals surface area contributed by atoms with Crippen LogP contribution < -0.4 is 0 Å². The van der Waals surface area contributed by atoms with E-state index in [0.717, 1.165) is 5.56 Å². The average Bonchev–Trinajstić information content (AvgIpc) is 2.98. The summed E-state index contributed by atoms with van der Waals surface area (Å²) < 4.78 is 35.2. The summed E-state index contributed by atoms with van der Waals surface area (Å²) in [6.45, 7) is 4.15. The Labute approximate surface area is 119 Å². The fourth-order valence-corrected chi connectivity index (χ4v) is 3.71. The molecule has 1 aromatic rings. The van der Waals surface area contributed by atoms with E-state index in [9.17, 15) is 8.42 Å². The van der Waals surface area contributed by atoms with Crippen molar-refractivity contribution in [1.29, 1.82) is 0 Å². The SMILES string of the molecule is Cc1ccc(S(=O)(=O)OCC2C3C=CC(O3)C2C)cc1. The molecule has 1 aromatic carbocycles. The van der Waals surface area contributed by atoms with Crippen molar-refractivity contribution < 1.29 is 17.3 Å². The van der Waals surface area contributed by atoms with Gasteiger partial charge in [-0.2, -0.15) is 8.42 Å². The van der Waals surface area contributed by atoms with Gasteiger partial charge in [-0.1, -0.05) is 36.8 Å². The van der Waals surface area contributed by atoms with Gasteiger partial charge in [-0.15, -0.1) is 0 Å². The molecule has 0 aromatic heterocycles. The summed E-state index contributed by atoms with van der Waals surface area (Å²) in [7, 11) is -3.68. The highest BCUT2D eigenvalue weighted by molar-refractivity contribution is 7.86. The van der Waals surface area contributed by atoms with E-state index in [-0.39, 0.29) is 29.6 Å². The third-order valence-corrected chi connectivity index (χ3v) is 5.44. The van der Waals surface area contributed by atoms with Gasteiger partial charge in [-0.05, 0) is 25.0 Å². The Hall–Kier alpha value is -1.17. The Balaban J connectivity index is 1.69. The third-order valence-electron chi connectivity index (χ3n) is 4.15. The van der Waals surface area contributed by atoms with Gasteiger partial charge in [0.1, 0.15) is 0 Å². The van der Waals surface area contributed by atoms with Crippen molar-refractivity contribution >= 4 is 10.1 Å². The fraction of sp³-hybridized carbons (Fsp3) is 0.467. The fourth-order valence-electron chi connectivity index (χ4n) is 2.76. The summed E-state index contributed by atoms with van der Waals surface area (Å²) in [5.74, 6) is 0.392. The van der Waals surface area contributed by atoms with E-state index < -0.39 is 10.1 Å². The lowest BCUT2D eigenvalue weighted by Gasteiger charge is -2.21. The van der Waals surface area contributed by atoms with Gasteiger partial charge in [-0.25, -0.2) is 0 Å². The molecule has 0 N–H and O–H groups in total. The molecule has 0 radical (unpaired) electrons. The number of ether oxygens (including phenoxy) is 1. The van der Waals surface area contributed by atoms with Gasteiger partial charge in [0.2, 0.25) is 0 Å². The number of rotatable bonds is 4. The molecule has 0 aliphatic carbocycles. The lowest BCUT2D eigenvalue weighted by molar-refractivity contribution is 0.0972. The number of aryl methyl sites for hydroxylation is 1. The average molecular weight is 294 g/mol. The van der Waals surface area contributed by atoms with Crippen LogP contribution >= 0.6 is 0 Å². The topological polar surface area (TPSA) is 52.6 Å². The lowest BCUT2D eigenvalue weighted by atomic mass is 9.85. The Kier molecular flexibility index (Phi) is 3.44.